The molecular formula is C14H19BrN2O3. The SMILES string of the molecule is Cc1cc(Br)cc(NC(=O)N[C@H](CC(C)C)C(=O)O)c1. The number of nitrogens with one attached hydrogen (secondary N) is 2. The first-order valence-corrected chi connectivity index (χ1v) is 7.14. The molecule has 0 aromatic heterocycles. The van der Waals surface area contributed by atoms with Gasteiger partial charge in [-0.25, -0.2) is 9.59 Å². The molecule has 3 N–H and O–H groups in total. The van der Waals surface area contributed by atoms with E-state index in [1.54, 1.807) is 6.07 Å². The normalized spacial score (nSPS) is 12.1. The van der Waals surface area contributed by atoms with Gasteiger partial charge in [-0.1, -0.05) is 29.8 Å². The quantitative estimate of drug-likeness (QED) is 0.767. The number of amides is 2. The first-order chi connectivity index (χ1) is 9.27. The molecule has 1 atom stereocenters. The Bertz CT molecular complexity index is 483. The van der Waals surface area contributed by atoms with Crippen LogP contribution in [0.3, 0.4) is 0 Å². The Morgan fingerprint density at radius 1 is 1.30 bits per heavy atom. The molecule has 0 aliphatic carbocycles. The van der Waals surface area contributed by atoms with Crippen molar-refractivity contribution in [3.63, 3.8) is 0 Å². The number of halogens is 1. The third-order valence-corrected chi connectivity index (χ3v) is 3.07. The van der Waals surface area contributed by atoms with E-state index in [0.29, 0.717) is 12.1 Å². The maximum atomic E-state index is 11.8. The molecule has 0 fully saturated rings. The fourth-order valence-electron chi connectivity index (χ4n) is 1.83. The third-order valence-electron chi connectivity index (χ3n) is 2.61. The topological polar surface area (TPSA) is 78.4 Å². The summed E-state index contributed by atoms with van der Waals surface area (Å²) >= 11 is 3.34. The van der Waals surface area contributed by atoms with Crippen LogP contribution >= 0.6 is 15.9 Å². The van der Waals surface area contributed by atoms with Crippen molar-refractivity contribution in [2.45, 2.75) is 33.2 Å². The van der Waals surface area contributed by atoms with Crippen LogP contribution in [-0.2, 0) is 4.79 Å². The number of aliphatic carboxylic acids is 1. The van der Waals surface area contributed by atoms with Crippen molar-refractivity contribution >= 4 is 33.6 Å². The van der Waals surface area contributed by atoms with E-state index < -0.39 is 18.0 Å². The van der Waals surface area contributed by atoms with Crippen LogP contribution in [0.15, 0.2) is 22.7 Å². The molecule has 0 saturated heterocycles. The molecule has 5 nitrogen and oxygen atoms in total. The zero-order chi connectivity index (χ0) is 15.3. The van der Waals surface area contributed by atoms with Gasteiger partial charge in [0.05, 0.1) is 0 Å². The van der Waals surface area contributed by atoms with Gasteiger partial charge in [-0.15, -0.1) is 0 Å². The first kappa shape index (κ1) is 16.5. The highest BCUT2D eigenvalue weighted by Gasteiger charge is 2.21. The summed E-state index contributed by atoms with van der Waals surface area (Å²) < 4.78 is 0.852. The van der Waals surface area contributed by atoms with Gasteiger partial charge in [0.25, 0.3) is 0 Å². The number of hydrogen-bond acceptors (Lipinski definition) is 2. The van der Waals surface area contributed by atoms with E-state index >= 15 is 0 Å². The Morgan fingerprint density at radius 2 is 1.95 bits per heavy atom. The van der Waals surface area contributed by atoms with Crippen LogP contribution in [0.2, 0.25) is 0 Å². The van der Waals surface area contributed by atoms with Crippen molar-refractivity contribution in [1.29, 1.82) is 0 Å². The predicted octanol–water partition coefficient (Wildman–Crippen LogP) is 3.38. The average molecular weight is 343 g/mol. The number of urea groups is 1. The Labute approximate surface area is 126 Å². The fraction of sp³-hybridized carbons (Fsp3) is 0.429. The average Bonchev–Trinajstić information content (AvgIpc) is 2.25. The van der Waals surface area contributed by atoms with Crippen LogP contribution in [0.25, 0.3) is 0 Å². The second-order valence-electron chi connectivity index (χ2n) is 5.14. The highest BCUT2D eigenvalue weighted by Crippen LogP contribution is 2.19. The number of carboxylic acid groups (broad SMARTS) is 1. The van der Waals surface area contributed by atoms with E-state index in [2.05, 4.69) is 26.6 Å². The number of benzene rings is 1. The second-order valence-corrected chi connectivity index (χ2v) is 6.05. The zero-order valence-electron chi connectivity index (χ0n) is 11.7. The van der Waals surface area contributed by atoms with Crippen LogP contribution in [-0.4, -0.2) is 23.1 Å². The van der Waals surface area contributed by atoms with E-state index in [4.69, 9.17) is 5.11 Å². The minimum atomic E-state index is -1.03. The number of carbonyl (C=O) groups excluding carboxylic acids is 1. The van der Waals surface area contributed by atoms with Gasteiger partial charge in [0.2, 0.25) is 0 Å². The Hall–Kier alpha value is -1.56. The van der Waals surface area contributed by atoms with Gasteiger partial charge in [0, 0.05) is 10.2 Å². The Balaban J connectivity index is 2.68. The predicted molar refractivity (Wildman–Crippen MR) is 81.9 cm³/mol. The summed E-state index contributed by atoms with van der Waals surface area (Å²) in [4.78, 5) is 22.9. The lowest BCUT2D eigenvalue weighted by Crippen LogP contribution is -2.43. The molecule has 2 amide bonds. The number of aryl methyl sites for hydroxylation is 1. The first-order valence-electron chi connectivity index (χ1n) is 6.35. The number of carboxylic acids is 1. The van der Waals surface area contributed by atoms with Gasteiger partial charge in [-0.05, 0) is 43.0 Å². The fourth-order valence-corrected chi connectivity index (χ4v) is 2.43. The molecule has 20 heavy (non-hydrogen) atoms. The van der Waals surface area contributed by atoms with Crippen molar-refractivity contribution in [2.75, 3.05) is 5.32 Å². The summed E-state index contributed by atoms with van der Waals surface area (Å²) in [7, 11) is 0. The number of rotatable bonds is 5. The van der Waals surface area contributed by atoms with E-state index in [-0.39, 0.29) is 5.92 Å². The highest BCUT2D eigenvalue weighted by atomic mass is 79.9. The largest absolute Gasteiger partial charge is 0.480 e. The second kappa shape index (κ2) is 7.28. The molecule has 0 unspecified atom stereocenters. The molecule has 0 aliphatic heterocycles. The maximum absolute atomic E-state index is 11.8. The van der Waals surface area contributed by atoms with E-state index in [1.807, 2.05) is 32.9 Å². The summed E-state index contributed by atoms with van der Waals surface area (Å²) in [6.07, 6.45) is 0.389. The van der Waals surface area contributed by atoms with Crippen LogP contribution in [0.4, 0.5) is 10.5 Å². The smallest absolute Gasteiger partial charge is 0.326 e. The van der Waals surface area contributed by atoms with Crippen molar-refractivity contribution < 1.29 is 14.7 Å². The summed E-state index contributed by atoms with van der Waals surface area (Å²) in [5.41, 5.74) is 1.61. The lowest BCUT2D eigenvalue weighted by molar-refractivity contribution is -0.139. The van der Waals surface area contributed by atoms with Crippen LogP contribution in [0, 0.1) is 12.8 Å². The van der Waals surface area contributed by atoms with Gasteiger partial charge in [-0.2, -0.15) is 0 Å². The number of hydrogen-bond donors (Lipinski definition) is 3. The monoisotopic (exact) mass is 342 g/mol. The van der Waals surface area contributed by atoms with E-state index in [0.717, 1.165) is 10.0 Å². The molecule has 6 heteroatoms. The molecule has 0 radical (unpaired) electrons. The lowest BCUT2D eigenvalue weighted by atomic mass is 10.0. The van der Waals surface area contributed by atoms with Crippen molar-refractivity contribution in [2.24, 2.45) is 5.92 Å². The standard InChI is InChI=1S/C14H19BrN2O3/c1-8(2)4-12(13(18)19)17-14(20)16-11-6-9(3)5-10(15)7-11/h5-8,12H,4H2,1-3H3,(H,18,19)(H2,16,17,20)/t12-/m1/s1. The molecule has 0 heterocycles. The van der Waals surface area contributed by atoms with Gasteiger partial charge in [0.15, 0.2) is 0 Å². The molecule has 0 spiro atoms. The number of carbonyl (C=O) groups is 2. The lowest BCUT2D eigenvalue weighted by Gasteiger charge is -2.17. The molecule has 110 valence electrons. The highest BCUT2D eigenvalue weighted by molar-refractivity contribution is 9.10. The number of anilines is 1. The van der Waals surface area contributed by atoms with Gasteiger partial charge >= 0.3 is 12.0 Å². The molecular weight excluding hydrogens is 324 g/mol. The molecule has 0 aliphatic rings. The maximum Gasteiger partial charge on any atom is 0.326 e. The summed E-state index contributed by atoms with van der Waals surface area (Å²) in [6.45, 7) is 5.73. The van der Waals surface area contributed by atoms with Crippen molar-refractivity contribution in [3.05, 3.63) is 28.2 Å². The van der Waals surface area contributed by atoms with E-state index in [9.17, 15) is 9.59 Å². The minimum absolute atomic E-state index is 0.185. The Morgan fingerprint density at radius 3 is 2.45 bits per heavy atom. The Kier molecular flexibility index (Phi) is 6.01. The van der Waals surface area contributed by atoms with Gasteiger partial charge in [0.1, 0.15) is 6.04 Å². The molecule has 1 aromatic rings. The van der Waals surface area contributed by atoms with Crippen LogP contribution in [0.5, 0.6) is 0 Å². The van der Waals surface area contributed by atoms with Crippen molar-refractivity contribution in [1.82, 2.24) is 5.32 Å². The summed E-state index contributed by atoms with van der Waals surface area (Å²) in [5.74, 6) is -0.844. The van der Waals surface area contributed by atoms with Crippen LogP contribution in [0.1, 0.15) is 25.8 Å². The molecule has 1 aromatic carbocycles. The third kappa shape index (κ3) is 5.61. The van der Waals surface area contributed by atoms with Crippen LogP contribution < -0.4 is 10.6 Å². The van der Waals surface area contributed by atoms with Gasteiger partial charge < -0.3 is 15.7 Å². The van der Waals surface area contributed by atoms with Gasteiger partial charge in [-0.3, -0.25) is 0 Å². The minimum Gasteiger partial charge on any atom is -0.480 e. The molecule has 0 saturated carbocycles. The summed E-state index contributed by atoms with van der Waals surface area (Å²) in [6, 6.07) is 4.08. The molecule has 1 rings (SSSR count). The van der Waals surface area contributed by atoms with E-state index in [1.165, 1.54) is 0 Å². The molecule has 0 bridgehead atoms. The van der Waals surface area contributed by atoms with Crippen molar-refractivity contribution in [3.8, 4) is 0 Å². The summed E-state index contributed by atoms with van der Waals surface area (Å²) in [5, 5.41) is 14.2. The zero-order valence-corrected chi connectivity index (χ0v) is 13.3.